The van der Waals surface area contributed by atoms with Crippen LogP contribution >= 0.6 is 0 Å². The molecule has 2 saturated heterocycles. The summed E-state index contributed by atoms with van der Waals surface area (Å²) in [5.74, 6) is -1.19. The van der Waals surface area contributed by atoms with Gasteiger partial charge in [-0.05, 0) is 38.8 Å². The van der Waals surface area contributed by atoms with Gasteiger partial charge in [0.15, 0.2) is 5.67 Å². The van der Waals surface area contributed by atoms with Crippen LogP contribution in [0.15, 0.2) is 12.3 Å². The Hall–Kier alpha value is -3.04. The largest absolute Gasteiger partial charge is 0.444 e. The molecule has 0 aliphatic carbocycles. The fourth-order valence-corrected chi connectivity index (χ4v) is 4.33. The standard InChI is InChI=1S/C22H27FN4O5/c1-21(2,3)32-20(31)26-8-6-22(23,7-9-26)16-10-13-12-27(19(30)14(13)11-24-16)15-4-5-17(28)25-18(15)29/h10-11,15H,4-9,12H2,1-3H3,(H,25,28,29). The highest BCUT2D eigenvalue weighted by Gasteiger charge is 2.43. The van der Waals surface area contributed by atoms with Crippen LogP contribution in [0.2, 0.25) is 0 Å². The number of halogens is 1. The van der Waals surface area contributed by atoms with Gasteiger partial charge in [-0.2, -0.15) is 0 Å². The average molecular weight is 446 g/mol. The Balaban J connectivity index is 1.46. The Morgan fingerprint density at radius 1 is 1.25 bits per heavy atom. The lowest BCUT2D eigenvalue weighted by Crippen LogP contribution is -2.52. The molecule has 0 spiro atoms. The summed E-state index contributed by atoms with van der Waals surface area (Å²) in [5.41, 5.74) is -1.18. The zero-order valence-corrected chi connectivity index (χ0v) is 18.4. The van der Waals surface area contributed by atoms with Crippen LogP contribution in [0.25, 0.3) is 0 Å². The van der Waals surface area contributed by atoms with Crippen molar-refractivity contribution in [3.8, 4) is 0 Å². The molecular weight excluding hydrogens is 419 g/mol. The van der Waals surface area contributed by atoms with E-state index in [2.05, 4.69) is 10.3 Å². The minimum Gasteiger partial charge on any atom is -0.444 e. The van der Waals surface area contributed by atoms with E-state index in [1.165, 1.54) is 16.0 Å². The van der Waals surface area contributed by atoms with Crippen molar-refractivity contribution in [2.75, 3.05) is 13.1 Å². The molecule has 1 aromatic rings. The number of carbonyl (C=O) groups excluding carboxylic acids is 4. The number of alkyl halides is 1. The van der Waals surface area contributed by atoms with Crippen molar-refractivity contribution < 1.29 is 28.3 Å². The number of pyridine rings is 1. The monoisotopic (exact) mass is 446 g/mol. The summed E-state index contributed by atoms with van der Waals surface area (Å²) in [6, 6.07) is 0.856. The molecule has 10 heteroatoms. The summed E-state index contributed by atoms with van der Waals surface area (Å²) < 4.78 is 21.1. The van der Waals surface area contributed by atoms with Crippen LogP contribution in [-0.2, 0) is 26.5 Å². The summed E-state index contributed by atoms with van der Waals surface area (Å²) in [5, 5.41) is 2.26. The number of likely N-dealkylation sites (tertiary alicyclic amines) is 1. The minimum atomic E-state index is -1.72. The minimum absolute atomic E-state index is 0.0723. The van der Waals surface area contributed by atoms with E-state index in [1.807, 2.05) is 0 Å². The summed E-state index contributed by atoms with van der Waals surface area (Å²) in [6.07, 6.45) is 1.47. The van der Waals surface area contributed by atoms with Crippen LogP contribution in [-0.4, -0.2) is 63.3 Å². The van der Waals surface area contributed by atoms with E-state index in [-0.39, 0.29) is 62.8 Å². The summed E-state index contributed by atoms with van der Waals surface area (Å²) >= 11 is 0. The predicted octanol–water partition coefficient (Wildman–Crippen LogP) is 2.04. The van der Waals surface area contributed by atoms with Gasteiger partial charge in [0.05, 0.1) is 11.3 Å². The second kappa shape index (κ2) is 7.83. The quantitative estimate of drug-likeness (QED) is 0.697. The molecule has 4 rings (SSSR count). The summed E-state index contributed by atoms with van der Waals surface area (Å²) in [7, 11) is 0. The van der Waals surface area contributed by atoms with Crippen LogP contribution in [0.5, 0.6) is 0 Å². The van der Waals surface area contributed by atoms with Crippen LogP contribution in [0.3, 0.4) is 0 Å². The smallest absolute Gasteiger partial charge is 0.410 e. The molecule has 1 atom stereocenters. The van der Waals surface area contributed by atoms with Crippen molar-refractivity contribution in [2.45, 2.75) is 70.3 Å². The molecule has 1 N–H and O–H groups in total. The van der Waals surface area contributed by atoms with E-state index in [1.54, 1.807) is 26.8 Å². The molecule has 9 nitrogen and oxygen atoms in total. The molecule has 32 heavy (non-hydrogen) atoms. The van der Waals surface area contributed by atoms with Gasteiger partial charge in [0.25, 0.3) is 5.91 Å². The van der Waals surface area contributed by atoms with E-state index < -0.39 is 29.3 Å². The topological polar surface area (TPSA) is 109 Å². The van der Waals surface area contributed by atoms with E-state index in [0.29, 0.717) is 11.1 Å². The van der Waals surface area contributed by atoms with Crippen LogP contribution in [0, 0.1) is 0 Å². The Morgan fingerprint density at radius 3 is 2.56 bits per heavy atom. The van der Waals surface area contributed by atoms with Crippen molar-refractivity contribution in [3.05, 3.63) is 29.1 Å². The zero-order valence-electron chi connectivity index (χ0n) is 18.4. The lowest BCUT2D eigenvalue weighted by Gasteiger charge is -2.36. The molecule has 0 aromatic carbocycles. The molecule has 4 amide bonds. The number of carbonyl (C=O) groups is 4. The Kier molecular flexibility index (Phi) is 5.42. The van der Waals surface area contributed by atoms with Crippen molar-refractivity contribution in [1.82, 2.24) is 20.1 Å². The second-order valence-electron chi connectivity index (χ2n) is 9.56. The molecule has 172 valence electrons. The van der Waals surface area contributed by atoms with Gasteiger partial charge >= 0.3 is 6.09 Å². The van der Waals surface area contributed by atoms with Gasteiger partial charge in [-0.3, -0.25) is 24.7 Å². The van der Waals surface area contributed by atoms with Gasteiger partial charge in [0.2, 0.25) is 11.8 Å². The Bertz CT molecular complexity index is 981. The number of fused-ring (bicyclic) bond motifs is 1. The number of nitrogens with one attached hydrogen (secondary N) is 1. The molecule has 3 aliphatic rings. The number of piperidine rings is 2. The highest BCUT2D eigenvalue weighted by molar-refractivity contribution is 6.05. The first-order valence-corrected chi connectivity index (χ1v) is 10.8. The Labute approximate surface area is 185 Å². The SMILES string of the molecule is CC(C)(C)OC(=O)N1CCC(F)(c2cc3c(cn2)C(=O)N(C2CCC(=O)NC2=O)C3)CC1. The van der Waals surface area contributed by atoms with Crippen LogP contribution in [0.1, 0.15) is 68.1 Å². The Morgan fingerprint density at radius 2 is 1.94 bits per heavy atom. The lowest BCUT2D eigenvalue weighted by atomic mass is 9.89. The third-order valence-corrected chi connectivity index (χ3v) is 6.07. The van der Waals surface area contributed by atoms with Gasteiger partial charge in [-0.25, -0.2) is 9.18 Å². The molecule has 1 aromatic heterocycles. The zero-order chi connectivity index (χ0) is 23.3. The van der Waals surface area contributed by atoms with Crippen LogP contribution < -0.4 is 5.32 Å². The van der Waals surface area contributed by atoms with E-state index in [9.17, 15) is 19.2 Å². The lowest BCUT2D eigenvalue weighted by molar-refractivity contribution is -0.136. The van der Waals surface area contributed by atoms with Crippen molar-refractivity contribution in [1.29, 1.82) is 0 Å². The normalized spacial score (nSPS) is 23.1. The molecule has 0 bridgehead atoms. The van der Waals surface area contributed by atoms with Crippen molar-refractivity contribution in [3.63, 3.8) is 0 Å². The number of imide groups is 1. The van der Waals surface area contributed by atoms with Gasteiger partial charge in [0.1, 0.15) is 11.6 Å². The molecule has 2 fully saturated rings. The maximum atomic E-state index is 15.8. The second-order valence-corrected chi connectivity index (χ2v) is 9.56. The van der Waals surface area contributed by atoms with E-state index in [0.717, 1.165) is 0 Å². The van der Waals surface area contributed by atoms with E-state index >= 15 is 4.39 Å². The molecule has 1 unspecified atom stereocenters. The summed E-state index contributed by atoms with van der Waals surface area (Å²) in [4.78, 5) is 55.8. The number of aromatic nitrogens is 1. The van der Waals surface area contributed by atoms with Crippen molar-refractivity contribution in [2.24, 2.45) is 0 Å². The van der Waals surface area contributed by atoms with E-state index in [4.69, 9.17) is 4.74 Å². The first kappa shape index (κ1) is 22.2. The fraction of sp³-hybridized carbons (Fsp3) is 0.591. The molecule has 3 aliphatic heterocycles. The first-order valence-electron chi connectivity index (χ1n) is 10.8. The number of rotatable bonds is 2. The maximum absolute atomic E-state index is 15.8. The molecule has 0 radical (unpaired) electrons. The highest BCUT2D eigenvalue weighted by atomic mass is 19.1. The fourth-order valence-electron chi connectivity index (χ4n) is 4.33. The number of ether oxygens (including phenoxy) is 1. The number of hydrogen-bond donors (Lipinski definition) is 1. The third-order valence-electron chi connectivity index (χ3n) is 6.07. The molecule has 4 heterocycles. The first-order chi connectivity index (χ1) is 15.0. The number of amides is 4. The third kappa shape index (κ3) is 4.18. The number of nitrogens with zero attached hydrogens (tertiary/aromatic N) is 3. The van der Waals surface area contributed by atoms with Gasteiger partial charge in [-0.15, -0.1) is 0 Å². The number of hydrogen-bond acceptors (Lipinski definition) is 6. The maximum Gasteiger partial charge on any atom is 0.410 e. The highest BCUT2D eigenvalue weighted by Crippen LogP contribution is 2.38. The van der Waals surface area contributed by atoms with Crippen LogP contribution in [0.4, 0.5) is 9.18 Å². The molecular formula is C22H27FN4O5. The van der Waals surface area contributed by atoms with Gasteiger partial charge in [0, 0.05) is 45.1 Å². The van der Waals surface area contributed by atoms with Gasteiger partial charge < -0.3 is 14.5 Å². The average Bonchev–Trinajstić information content (AvgIpc) is 3.03. The summed E-state index contributed by atoms with van der Waals surface area (Å²) in [6.45, 7) is 5.90. The van der Waals surface area contributed by atoms with Gasteiger partial charge in [-0.1, -0.05) is 0 Å². The predicted molar refractivity (Wildman–Crippen MR) is 110 cm³/mol. The van der Waals surface area contributed by atoms with Crippen molar-refractivity contribution >= 4 is 23.8 Å². The molecule has 0 saturated carbocycles.